The van der Waals surface area contributed by atoms with Crippen LogP contribution in [0.2, 0.25) is 0 Å². The predicted octanol–water partition coefficient (Wildman–Crippen LogP) is 2.31. The van der Waals surface area contributed by atoms with E-state index in [1.807, 2.05) is 10.6 Å². The summed E-state index contributed by atoms with van der Waals surface area (Å²) in [4.78, 5) is 5.14. The topological polar surface area (TPSA) is 44.4 Å². The van der Waals surface area contributed by atoms with E-state index in [0.29, 0.717) is 6.04 Å². The lowest BCUT2D eigenvalue weighted by Crippen LogP contribution is -2.48. The van der Waals surface area contributed by atoms with Crippen molar-refractivity contribution < 1.29 is 4.74 Å². The SMILES string of the molecule is CCn1cc(CN2CCC([C@H](C)N3CCOCC3)CC2)cc1C#N. The number of aryl methyl sites for hydroxylation is 1. The van der Waals surface area contributed by atoms with Crippen LogP contribution in [-0.4, -0.2) is 59.8 Å². The Kier molecular flexibility index (Phi) is 5.94. The minimum atomic E-state index is 0.669. The average molecular weight is 330 g/mol. The minimum Gasteiger partial charge on any atom is -0.379 e. The van der Waals surface area contributed by atoms with Crippen LogP contribution in [0.5, 0.6) is 0 Å². The first-order valence-electron chi connectivity index (χ1n) is 9.34. The van der Waals surface area contributed by atoms with Crippen molar-refractivity contribution in [3.8, 4) is 6.07 Å². The molecular formula is C19H30N4O. The monoisotopic (exact) mass is 330 g/mol. The first-order chi connectivity index (χ1) is 11.7. The van der Waals surface area contributed by atoms with Crippen LogP contribution in [0.25, 0.3) is 0 Å². The van der Waals surface area contributed by atoms with Crippen molar-refractivity contribution in [2.75, 3.05) is 39.4 Å². The van der Waals surface area contributed by atoms with Gasteiger partial charge in [-0.05, 0) is 57.3 Å². The van der Waals surface area contributed by atoms with Gasteiger partial charge in [-0.25, -0.2) is 0 Å². The molecule has 0 bridgehead atoms. The van der Waals surface area contributed by atoms with E-state index in [1.54, 1.807) is 0 Å². The number of nitriles is 1. The second-order valence-corrected chi connectivity index (χ2v) is 7.13. The van der Waals surface area contributed by atoms with E-state index in [1.165, 1.54) is 31.5 Å². The molecule has 0 radical (unpaired) electrons. The van der Waals surface area contributed by atoms with E-state index in [0.717, 1.165) is 51.0 Å². The lowest BCUT2D eigenvalue weighted by molar-refractivity contribution is -0.00192. The van der Waals surface area contributed by atoms with Gasteiger partial charge in [0.1, 0.15) is 11.8 Å². The van der Waals surface area contributed by atoms with E-state index in [9.17, 15) is 5.26 Å². The summed E-state index contributed by atoms with van der Waals surface area (Å²) in [5, 5.41) is 9.19. The Hall–Kier alpha value is -1.35. The molecule has 2 aliphatic rings. The molecule has 1 aromatic heterocycles. The molecule has 5 nitrogen and oxygen atoms in total. The molecule has 3 rings (SSSR count). The smallest absolute Gasteiger partial charge is 0.120 e. The zero-order valence-corrected chi connectivity index (χ0v) is 15.1. The third kappa shape index (κ3) is 4.00. The number of nitrogens with zero attached hydrogens (tertiary/aromatic N) is 4. The van der Waals surface area contributed by atoms with Gasteiger partial charge in [0.2, 0.25) is 0 Å². The summed E-state index contributed by atoms with van der Waals surface area (Å²) in [5.74, 6) is 0.800. The Labute approximate surface area is 145 Å². The van der Waals surface area contributed by atoms with E-state index < -0.39 is 0 Å². The molecule has 0 saturated carbocycles. The fourth-order valence-electron chi connectivity index (χ4n) is 4.14. The van der Waals surface area contributed by atoms with Gasteiger partial charge in [0, 0.05) is 38.4 Å². The highest BCUT2D eigenvalue weighted by Crippen LogP contribution is 2.25. The third-order valence-corrected chi connectivity index (χ3v) is 5.75. The molecule has 1 aromatic rings. The molecule has 0 aromatic carbocycles. The lowest BCUT2D eigenvalue weighted by Gasteiger charge is -2.41. The van der Waals surface area contributed by atoms with Gasteiger partial charge < -0.3 is 9.30 Å². The summed E-state index contributed by atoms with van der Waals surface area (Å²) < 4.78 is 7.52. The second-order valence-electron chi connectivity index (χ2n) is 7.13. The van der Waals surface area contributed by atoms with Crippen LogP contribution >= 0.6 is 0 Å². The van der Waals surface area contributed by atoms with Crippen molar-refractivity contribution in [1.82, 2.24) is 14.4 Å². The van der Waals surface area contributed by atoms with E-state index >= 15 is 0 Å². The molecule has 2 saturated heterocycles. The zero-order valence-electron chi connectivity index (χ0n) is 15.1. The molecule has 0 N–H and O–H groups in total. The van der Waals surface area contributed by atoms with E-state index in [-0.39, 0.29) is 0 Å². The van der Waals surface area contributed by atoms with Crippen LogP contribution in [0.4, 0.5) is 0 Å². The van der Waals surface area contributed by atoms with Gasteiger partial charge in [0.25, 0.3) is 0 Å². The number of rotatable bonds is 5. The number of hydrogen-bond acceptors (Lipinski definition) is 4. The number of likely N-dealkylation sites (tertiary alicyclic amines) is 1. The number of ether oxygens (including phenoxy) is 1. The summed E-state index contributed by atoms with van der Waals surface area (Å²) >= 11 is 0. The Balaban J connectivity index is 1.50. The highest BCUT2D eigenvalue weighted by atomic mass is 16.5. The van der Waals surface area contributed by atoms with Gasteiger partial charge >= 0.3 is 0 Å². The normalized spacial score (nSPS) is 22.4. The highest BCUT2D eigenvalue weighted by molar-refractivity contribution is 5.28. The summed E-state index contributed by atoms with van der Waals surface area (Å²) in [5.41, 5.74) is 2.05. The average Bonchev–Trinajstić information content (AvgIpc) is 3.04. The summed E-state index contributed by atoms with van der Waals surface area (Å²) in [7, 11) is 0. The fourth-order valence-corrected chi connectivity index (χ4v) is 4.14. The molecule has 5 heteroatoms. The molecule has 0 aliphatic carbocycles. The summed E-state index contributed by atoms with van der Waals surface area (Å²) in [6, 6.07) is 5.01. The van der Waals surface area contributed by atoms with Crippen LogP contribution in [0.15, 0.2) is 12.3 Å². The fraction of sp³-hybridized carbons (Fsp3) is 0.737. The number of morpholine rings is 1. The van der Waals surface area contributed by atoms with Crippen LogP contribution in [-0.2, 0) is 17.8 Å². The summed E-state index contributed by atoms with van der Waals surface area (Å²) in [6.07, 6.45) is 4.69. The van der Waals surface area contributed by atoms with E-state index in [4.69, 9.17) is 4.74 Å². The van der Waals surface area contributed by atoms with Crippen molar-refractivity contribution in [2.45, 2.75) is 45.8 Å². The van der Waals surface area contributed by atoms with Gasteiger partial charge in [0.05, 0.1) is 13.2 Å². The maximum atomic E-state index is 9.19. The molecule has 0 amide bonds. The number of piperidine rings is 1. The molecule has 3 heterocycles. The second kappa shape index (κ2) is 8.15. The zero-order chi connectivity index (χ0) is 16.9. The number of aromatic nitrogens is 1. The Morgan fingerprint density at radius 2 is 1.96 bits per heavy atom. The first kappa shape index (κ1) is 17.5. The largest absolute Gasteiger partial charge is 0.379 e. The van der Waals surface area contributed by atoms with Gasteiger partial charge in [-0.1, -0.05) is 0 Å². The highest BCUT2D eigenvalue weighted by Gasteiger charge is 2.28. The maximum Gasteiger partial charge on any atom is 0.120 e. The van der Waals surface area contributed by atoms with Gasteiger partial charge in [-0.15, -0.1) is 0 Å². The molecule has 132 valence electrons. The van der Waals surface area contributed by atoms with Crippen molar-refractivity contribution >= 4 is 0 Å². The standard InChI is InChI=1S/C19H30N4O/c1-3-22-15-17(12-19(22)13-20)14-21-6-4-18(5-7-21)16(2)23-8-10-24-11-9-23/h12,15-16,18H,3-11,14H2,1-2H3/t16-/m0/s1. The van der Waals surface area contributed by atoms with E-state index in [2.05, 4.69) is 35.9 Å². The van der Waals surface area contributed by atoms with Gasteiger partial charge in [0.15, 0.2) is 0 Å². The van der Waals surface area contributed by atoms with Gasteiger partial charge in [-0.3, -0.25) is 9.80 Å². The predicted molar refractivity (Wildman–Crippen MR) is 94.7 cm³/mol. The van der Waals surface area contributed by atoms with Crippen molar-refractivity contribution in [3.63, 3.8) is 0 Å². The van der Waals surface area contributed by atoms with Crippen molar-refractivity contribution in [1.29, 1.82) is 5.26 Å². The maximum absolute atomic E-state index is 9.19. The van der Waals surface area contributed by atoms with Crippen LogP contribution in [0.3, 0.4) is 0 Å². The van der Waals surface area contributed by atoms with Crippen molar-refractivity contribution in [3.05, 3.63) is 23.5 Å². The lowest BCUT2D eigenvalue weighted by atomic mass is 9.89. The molecule has 2 fully saturated rings. The molecular weight excluding hydrogens is 300 g/mol. The summed E-state index contributed by atoms with van der Waals surface area (Å²) in [6.45, 7) is 12.6. The van der Waals surface area contributed by atoms with Crippen molar-refractivity contribution in [2.24, 2.45) is 5.92 Å². The first-order valence-corrected chi connectivity index (χ1v) is 9.34. The Morgan fingerprint density at radius 3 is 2.54 bits per heavy atom. The van der Waals surface area contributed by atoms with Gasteiger partial charge in [-0.2, -0.15) is 5.26 Å². The minimum absolute atomic E-state index is 0.669. The van der Waals surface area contributed by atoms with Crippen LogP contribution in [0.1, 0.15) is 37.9 Å². The molecule has 0 spiro atoms. The Morgan fingerprint density at radius 1 is 1.25 bits per heavy atom. The molecule has 24 heavy (non-hydrogen) atoms. The van der Waals surface area contributed by atoms with Crippen LogP contribution < -0.4 is 0 Å². The number of hydrogen-bond donors (Lipinski definition) is 0. The quantitative estimate of drug-likeness (QED) is 0.831. The molecule has 0 unspecified atom stereocenters. The van der Waals surface area contributed by atoms with Crippen LogP contribution in [0, 0.1) is 17.2 Å². The third-order valence-electron chi connectivity index (χ3n) is 5.75. The molecule has 1 atom stereocenters. The Bertz CT molecular complexity index is 562. The molecule has 2 aliphatic heterocycles.